The number of amides is 2. The third kappa shape index (κ3) is 2.12. The second-order valence-corrected chi connectivity index (χ2v) is 5.07. The van der Waals surface area contributed by atoms with Crippen molar-refractivity contribution in [3.05, 3.63) is 23.9 Å². The Hall–Kier alpha value is -1.82. The van der Waals surface area contributed by atoms with Crippen molar-refractivity contribution in [1.29, 1.82) is 0 Å². The minimum absolute atomic E-state index is 0.0291. The number of hydrogen-bond acceptors (Lipinski definition) is 4. The largest absolute Gasteiger partial charge is 0.389 e. The molecule has 0 aromatic carbocycles. The number of hydrogen-bond donors (Lipinski definition) is 2. The van der Waals surface area contributed by atoms with Crippen molar-refractivity contribution in [3.63, 3.8) is 0 Å². The Morgan fingerprint density at radius 2 is 2.37 bits per heavy atom. The van der Waals surface area contributed by atoms with Crippen molar-refractivity contribution >= 4 is 11.8 Å². The van der Waals surface area contributed by atoms with E-state index in [0.29, 0.717) is 13.1 Å². The fourth-order valence-corrected chi connectivity index (χ4v) is 2.80. The quantitative estimate of drug-likeness (QED) is 0.807. The molecular formula is C13H18N4O2. The van der Waals surface area contributed by atoms with Crippen LogP contribution < -0.4 is 10.2 Å². The Kier molecular flexibility index (Phi) is 3.02. The predicted molar refractivity (Wildman–Crippen MR) is 71.0 cm³/mol. The number of aromatic nitrogens is 1. The minimum Gasteiger partial charge on any atom is -0.389 e. The highest BCUT2D eigenvalue weighted by molar-refractivity contribution is 5.77. The van der Waals surface area contributed by atoms with Crippen molar-refractivity contribution in [1.82, 2.24) is 15.2 Å². The SMILES string of the molecule is C[C@H](O)c1cccnc1N1CCN2C(=O)NCC2C1. The van der Waals surface area contributed by atoms with Crippen LogP contribution >= 0.6 is 0 Å². The number of nitrogens with one attached hydrogen (secondary N) is 1. The van der Waals surface area contributed by atoms with Gasteiger partial charge in [-0.1, -0.05) is 6.07 Å². The van der Waals surface area contributed by atoms with Crippen LogP contribution in [0.5, 0.6) is 0 Å². The van der Waals surface area contributed by atoms with E-state index in [4.69, 9.17) is 0 Å². The van der Waals surface area contributed by atoms with Gasteiger partial charge in [0.05, 0.1) is 12.1 Å². The van der Waals surface area contributed by atoms with Crippen LogP contribution in [0.3, 0.4) is 0 Å². The number of aliphatic hydroxyl groups excluding tert-OH is 1. The molecule has 19 heavy (non-hydrogen) atoms. The highest BCUT2D eigenvalue weighted by atomic mass is 16.3. The maximum absolute atomic E-state index is 11.6. The van der Waals surface area contributed by atoms with E-state index in [-0.39, 0.29) is 12.1 Å². The molecule has 2 aliphatic rings. The standard InChI is InChI=1S/C13H18N4O2/c1-9(18)11-3-2-4-14-12(11)16-5-6-17-10(8-16)7-15-13(17)19/h2-4,9-10,18H,5-8H2,1H3,(H,15,19)/t9-,10?/m0/s1. The molecule has 2 atom stereocenters. The van der Waals surface area contributed by atoms with E-state index in [1.165, 1.54) is 0 Å². The zero-order valence-electron chi connectivity index (χ0n) is 10.9. The molecule has 2 aliphatic heterocycles. The van der Waals surface area contributed by atoms with E-state index in [2.05, 4.69) is 15.2 Å². The topological polar surface area (TPSA) is 68.7 Å². The Morgan fingerprint density at radius 1 is 1.53 bits per heavy atom. The van der Waals surface area contributed by atoms with Crippen LogP contribution in [0.2, 0.25) is 0 Å². The highest BCUT2D eigenvalue weighted by Gasteiger charge is 2.36. The lowest BCUT2D eigenvalue weighted by atomic mass is 10.1. The van der Waals surface area contributed by atoms with Crippen LogP contribution in [0.25, 0.3) is 0 Å². The van der Waals surface area contributed by atoms with Crippen molar-refractivity contribution in [2.75, 3.05) is 31.1 Å². The summed E-state index contributed by atoms with van der Waals surface area (Å²) in [7, 11) is 0. The first kappa shape index (κ1) is 12.2. The van der Waals surface area contributed by atoms with Crippen LogP contribution in [0, 0.1) is 0 Å². The van der Waals surface area contributed by atoms with Crippen LogP contribution in [0.1, 0.15) is 18.6 Å². The summed E-state index contributed by atoms with van der Waals surface area (Å²) in [6.45, 7) is 4.64. The number of urea groups is 1. The molecule has 0 aliphatic carbocycles. The third-order valence-electron chi connectivity index (χ3n) is 3.80. The molecule has 1 aromatic heterocycles. The molecule has 0 bridgehead atoms. The summed E-state index contributed by atoms with van der Waals surface area (Å²) in [6.07, 6.45) is 1.20. The zero-order valence-corrected chi connectivity index (χ0v) is 10.9. The molecule has 3 heterocycles. The molecule has 1 unspecified atom stereocenters. The van der Waals surface area contributed by atoms with Crippen LogP contribution in [-0.4, -0.2) is 53.2 Å². The number of rotatable bonds is 2. The third-order valence-corrected chi connectivity index (χ3v) is 3.80. The summed E-state index contributed by atoms with van der Waals surface area (Å²) in [5.41, 5.74) is 0.841. The van der Waals surface area contributed by atoms with E-state index in [9.17, 15) is 9.90 Å². The van der Waals surface area contributed by atoms with Gasteiger partial charge in [-0.15, -0.1) is 0 Å². The highest BCUT2D eigenvalue weighted by Crippen LogP contribution is 2.26. The average Bonchev–Trinajstić information content (AvgIpc) is 2.80. The monoisotopic (exact) mass is 262 g/mol. The fraction of sp³-hybridized carbons (Fsp3) is 0.538. The summed E-state index contributed by atoms with van der Waals surface area (Å²) in [4.78, 5) is 20.0. The molecule has 6 nitrogen and oxygen atoms in total. The van der Waals surface area contributed by atoms with E-state index < -0.39 is 6.10 Å². The van der Waals surface area contributed by atoms with Gasteiger partial charge >= 0.3 is 6.03 Å². The number of nitrogens with zero attached hydrogens (tertiary/aromatic N) is 3. The molecule has 2 saturated heterocycles. The van der Waals surface area contributed by atoms with Gasteiger partial charge < -0.3 is 20.2 Å². The molecule has 6 heteroatoms. The van der Waals surface area contributed by atoms with E-state index in [1.54, 1.807) is 13.1 Å². The smallest absolute Gasteiger partial charge is 0.317 e. The molecular weight excluding hydrogens is 244 g/mol. The average molecular weight is 262 g/mol. The Labute approximate surface area is 112 Å². The van der Waals surface area contributed by atoms with Gasteiger partial charge in [0.15, 0.2) is 0 Å². The van der Waals surface area contributed by atoms with E-state index in [0.717, 1.165) is 24.5 Å². The summed E-state index contributed by atoms with van der Waals surface area (Å²) < 4.78 is 0. The number of aliphatic hydroxyl groups is 1. The zero-order chi connectivity index (χ0) is 13.4. The molecule has 1 aromatic rings. The molecule has 2 fully saturated rings. The van der Waals surface area contributed by atoms with Gasteiger partial charge in [0, 0.05) is 37.9 Å². The first-order valence-electron chi connectivity index (χ1n) is 6.59. The predicted octanol–water partition coefficient (Wildman–Crippen LogP) is 0.349. The number of fused-ring (bicyclic) bond motifs is 1. The first-order chi connectivity index (χ1) is 9.16. The summed E-state index contributed by atoms with van der Waals surface area (Å²) in [5.74, 6) is 0.830. The van der Waals surface area contributed by atoms with Gasteiger partial charge in [-0.3, -0.25) is 0 Å². The normalized spacial score (nSPS) is 24.1. The van der Waals surface area contributed by atoms with Crippen molar-refractivity contribution in [3.8, 4) is 0 Å². The maximum atomic E-state index is 11.6. The Bertz CT molecular complexity index is 491. The fourth-order valence-electron chi connectivity index (χ4n) is 2.80. The lowest BCUT2D eigenvalue weighted by molar-refractivity contribution is 0.193. The number of carbonyl (C=O) groups is 1. The molecule has 0 radical (unpaired) electrons. The maximum Gasteiger partial charge on any atom is 0.317 e. The number of carbonyl (C=O) groups excluding carboxylic acids is 1. The number of piperazine rings is 1. The molecule has 102 valence electrons. The molecule has 2 amide bonds. The summed E-state index contributed by atoms with van der Waals surface area (Å²) >= 11 is 0. The minimum atomic E-state index is -0.537. The van der Waals surface area contributed by atoms with Gasteiger partial charge in [0.1, 0.15) is 5.82 Å². The Balaban J connectivity index is 1.83. The van der Waals surface area contributed by atoms with Gasteiger partial charge in [0.2, 0.25) is 0 Å². The van der Waals surface area contributed by atoms with Crippen molar-refractivity contribution in [2.24, 2.45) is 0 Å². The number of anilines is 1. The lowest BCUT2D eigenvalue weighted by Crippen LogP contribution is -2.52. The van der Waals surface area contributed by atoms with E-state index >= 15 is 0 Å². The van der Waals surface area contributed by atoms with E-state index in [1.807, 2.05) is 17.0 Å². The Morgan fingerprint density at radius 3 is 3.16 bits per heavy atom. The van der Waals surface area contributed by atoms with Crippen LogP contribution in [0.4, 0.5) is 10.6 Å². The molecule has 3 rings (SSSR count). The van der Waals surface area contributed by atoms with Crippen molar-refractivity contribution in [2.45, 2.75) is 19.1 Å². The van der Waals surface area contributed by atoms with Gasteiger partial charge in [-0.05, 0) is 13.0 Å². The van der Waals surface area contributed by atoms with Crippen LogP contribution in [-0.2, 0) is 0 Å². The second kappa shape index (κ2) is 4.70. The van der Waals surface area contributed by atoms with Gasteiger partial charge in [-0.25, -0.2) is 9.78 Å². The first-order valence-corrected chi connectivity index (χ1v) is 6.59. The molecule has 2 N–H and O–H groups in total. The number of pyridine rings is 1. The van der Waals surface area contributed by atoms with Crippen molar-refractivity contribution < 1.29 is 9.90 Å². The van der Waals surface area contributed by atoms with Gasteiger partial charge in [0.25, 0.3) is 0 Å². The molecule has 0 saturated carbocycles. The van der Waals surface area contributed by atoms with Crippen LogP contribution in [0.15, 0.2) is 18.3 Å². The summed E-state index contributed by atoms with van der Waals surface area (Å²) in [5, 5.41) is 12.7. The lowest BCUT2D eigenvalue weighted by Gasteiger charge is -2.38. The van der Waals surface area contributed by atoms with Gasteiger partial charge in [-0.2, -0.15) is 0 Å². The molecule has 0 spiro atoms. The summed E-state index contributed by atoms with van der Waals surface area (Å²) in [6, 6.07) is 3.96. The second-order valence-electron chi connectivity index (χ2n) is 5.07.